The molecule has 144 valence electrons. The average molecular weight is 396 g/mol. The van der Waals surface area contributed by atoms with Gasteiger partial charge in [0, 0.05) is 17.0 Å². The van der Waals surface area contributed by atoms with E-state index >= 15 is 0 Å². The molecule has 2 amide bonds. The molecule has 3 N–H and O–H groups in total. The molecule has 0 spiro atoms. The highest BCUT2D eigenvalue weighted by molar-refractivity contribution is 7.98. The number of nitrogens with one attached hydrogen (secondary N) is 2. The maximum atomic E-state index is 12.1. The monoisotopic (exact) mass is 396 g/mol. The number of benzene rings is 2. The molecular formula is C21H20N2O4S. The molecule has 0 radical (unpaired) electrons. The van der Waals surface area contributed by atoms with Crippen LogP contribution in [0.2, 0.25) is 0 Å². The van der Waals surface area contributed by atoms with Crippen molar-refractivity contribution in [1.82, 2.24) is 5.32 Å². The van der Waals surface area contributed by atoms with Crippen LogP contribution in [0.15, 0.2) is 76.2 Å². The van der Waals surface area contributed by atoms with Crippen LogP contribution in [-0.2, 0) is 9.59 Å². The van der Waals surface area contributed by atoms with Crippen molar-refractivity contribution in [3.8, 4) is 11.3 Å². The molecule has 1 heterocycles. The average Bonchev–Trinajstić information content (AvgIpc) is 3.27. The third kappa shape index (κ3) is 4.82. The summed E-state index contributed by atoms with van der Waals surface area (Å²) in [4.78, 5) is 25.0. The van der Waals surface area contributed by atoms with Gasteiger partial charge >= 0.3 is 11.8 Å². The Morgan fingerprint density at radius 1 is 1.04 bits per heavy atom. The largest absolute Gasteiger partial charge is 0.464 e. The molecule has 28 heavy (non-hydrogen) atoms. The number of anilines is 1. The fourth-order valence-corrected chi connectivity index (χ4v) is 3.18. The van der Waals surface area contributed by atoms with Crippen LogP contribution >= 0.6 is 11.8 Å². The quantitative estimate of drug-likeness (QED) is 0.438. The molecule has 0 fully saturated rings. The van der Waals surface area contributed by atoms with Crippen molar-refractivity contribution >= 4 is 29.3 Å². The van der Waals surface area contributed by atoms with E-state index in [4.69, 9.17) is 4.42 Å². The number of thioether (sulfide) groups is 1. The molecule has 6 nitrogen and oxygen atoms in total. The molecule has 0 bridgehead atoms. The van der Waals surface area contributed by atoms with E-state index in [1.54, 1.807) is 36.6 Å². The Morgan fingerprint density at radius 2 is 1.79 bits per heavy atom. The Morgan fingerprint density at radius 3 is 2.46 bits per heavy atom. The zero-order chi connectivity index (χ0) is 19.9. The van der Waals surface area contributed by atoms with Gasteiger partial charge in [-0.1, -0.05) is 36.4 Å². The molecule has 3 aromatic rings. The van der Waals surface area contributed by atoms with Crippen LogP contribution in [0.25, 0.3) is 11.3 Å². The number of hydrogen-bond acceptors (Lipinski definition) is 5. The number of para-hydroxylation sites is 1. The Bertz CT molecular complexity index is 939. The molecule has 7 heteroatoms. The predicted molar refractivity (Wildman–Crippen MR) is 109 cm³/mol. The van der Waals surface area contributed by atoms with Gasteiger partial charge in [0.2, 0.25) is 0 Å². The predicted octanol–water partition coefficient (Wildman–Crippen LogP) is 3.46. The molecular weight excluding hydrogens is 376 g/mol. The molecule has 0 aliphatic rings. The molecule has 0 aliphatic carbocycles. The van der Waals surface area contributed by atoms with Gasteiger partial charge in [-0.25, -0.2) is 0 Å². The van der Waals surface area contributed by atoms with Gasteiger partial charge in [-0.2, -0.15) is 0 Å². The number of carbonyl (C=O) groups excluding carboxylic acids is 2. The Labute approximate surface area is 167 Å². The summed E-state index contributed by atoms with van der Waals surface area (Å²) in [5.74, 6) is -0.847. The fourth-order valence-electron chi connectivity index (χ4n) is 2.63. The van der Waals surface area contributed by atoms with E-state index in [1.165, 1.54) is 11.8 Å². The van der Waals surface area contributed by atoms with Crippen LogP contribution in [-0.4, -0.2) is 29.7 Å². The second kappa shape index (κ2) is 9.25. The van der Waals surface area contributed by atoms with Crippen molar-refractivity contribution < 1.29 is 19.1 Å². The van der Waals surface area contributed by atoms with E-state index in [-0.39, 0.29) is 6.54 Å². The van der Waals surface area contributed by atoms with Crippen molar-refractivity contribution in [3.05, 3.63) is 72.5 Å². The first-order valence-corrected chi connectivity index (χ1v) is 9.85. The first-order valence-electron chi connectivity index (χ1n) is 8.62. The molecule has 0 saturated heterocycles. The van der Waals surface area contributed by atoms with Gasteiger partial charge in [0.1, 0.15) is 5.76 Å². The van der Waals surface area contributed by atoms with Crippen molar-refractivity contribution in [2.45, 2.75) is 11.0 Å². The van der Waals surface area contributed by atoms with E-state index < -0.39 is 17.9 Å². The number of aliphatic hydroxyl groups is 1. The van der Waals surface area contributed by atoms with Crippen LogP contribution < -0.4 is 10.6 Å². The van der Waals surface area contributed by atoms with E-state index in [0.717, 1.165) is 16.2 Å². The Kier molecular flexibility index (Phi) is 6.52. The summed E-state index contributed by atoms with van der Waals surface area (Å²) in [6.45, 7) is -0.0729. The number of aliphatic hydroxyl groups excluding tert-OH is 1. The van der Waals surface area contributed by atoms with Gasteiger partial charge in [-0.15, -0.1) is 11.8 Å². The maximum Gasteiger partial charge on any atom is 0.313 e. The van der Waals surface area contributed by atoms with Gasteiger partial charge in [0.05, 0.1) is 18.1 Å². The normalized spacial score (nSPS) is 11.6. The molecule has 1 unspecified atom stereocenters. The van der Waals surface area contributed by atoms with Gasteiger partial charge in [-0.05, 0) is 36.1 Å². The summed E-state index contributed by atoms with van der Waals surface area (Å²) in [6.07, 6.45) is 2.55. The van der Waals surface area contributed by atoms with Gasteiger partial charge in [0.15, 0.2) is 0 Å². The third-order valence-corrected chi connectivity index (χ3v) is 4.91. The summed E-state index contributed by atoms with van der Waals surface area (Å²) in [5, 5.41) is 15.3. The standard InChI is InChI=1S/C21H20N2O4S/c1-28-19-7-3-2-5-16(19)23-21(26)20(25)22-13-17(24)14-8-10-15(11-9-14)18-6-4-12-27-18/h2-12,17,24H,13H2,1H3,(H,22,25)(H,23,26). The second-order valence-corrected chi connectivity index (χ2v) is 6.83. The molecule has 1 atom stereocenters. The molecule has 0 saturated carbocycles. The lowest BCUT2D eigenvalue weighted by atomic mass is 10.1. The number of furan rings is 1. The van der Waals surface area contributed by atoms with Crippen LogP contribution in [0.1, 0.15) is 11.7 Å². The lowest BCUT2D eigenvalue weighted by Gasteiger charge is -2.13. The van der Waals surface area contributed by atoms with E-state index in [9.17, 15) is 14.7 Å². The number of hydrogen-bond donors (Lipinski definition) is 3. The van der Waals surface area contributed by atoms with Crippen LogP contribution in [0.4, 0.5) is 5.69 Å². The number of rotatable bonds is 6. The highest BCUT2D eigenvalue weighted by Crippen LogP contribution is 2.24. The van der Waals surface area contributed by atoms with Crippen LogP contribution in [0.3, 0.4) is 0 Å². The summed E-state index contributed by atoms with van der Waals surface area (Å²) in [6, 6.07) is 18.0. The van der Waals surface area contributed by atoms with Crippen molar-refractivity contribution in [2.24, 2.45) is 0 Å². The third-order valence-electron chi connectivity index (χ3n) is 4.12. The summed E-state index contributed by atoms with van der Waals surface area (Å²) >= 11 is 1.47. The lowest BCUT2D eigenvalue weighted by Crippen LogP contribution is -2.37. The van der Waals surface area contributed by atoms with Gasteiger partial charge < -0.3 is 20.2 Å². The Hall–Kier alpha value is -3.03. The van der Waals surface area contributed by atoms with Crippen LogP contribution in [0.5, 0.6) is 0 Å². The van der Waals surface area contributed by atoms with Crippen molar-refractivity contribution in [2.75, 3.05) is 18.1 Å². The molecule has 2 aromatic carbocycles. The first kappa shape index (κ1) is 19.7. The number of amides is 2. The smallest absolute Gasteiger partial charge is 0.313 e. The zero-order valence-corrected chi connectivity index (χ0v) is 16.0. The van der Waals surface area contributed by atoms with Crippen molar-refractivity contribution in [1.29, 1.82) is 0 Å². The summed E-state index contributed by atoms with van der Waals surface area (Å²) in [7, 11) is 0. The SMILES string of the molecule is CSc1ccccc1NC(=O)C(=O)NCC(O)c1ccc(-c2ccco2)cc1. The highest BCUT2D eigenvalue weighted by Gasteiger charge is 2.17. The Balaban J connectivity index is 1.54. The summed E-state index contributed by atoms with van der Waals surface area (Å²) in [5.41, 5.74) is 2.09. The minimum atomic E-state index is -0.930. The molecule has 0 aliphatic heterocycles. The summed E-state index contributed by atoms with van der Waals surface area (Å²) < 4.78 is 5.33. The molecule has 1 aromatic heterocycles. The van der Waals surface area contributed by atoms with Crippen LogP contribution in [0, 0.1) is 0 Å². The fraction of sp³-hybridized carbons (Fsp3) is 0.143. The number of carbonyl (C=O) groups is 2. The van der Waals surface area contributed by atoms with E-state index in [1.807, 2.05) is 36.6 Å². The highest BCUT2D eigenvalue weighted by atomic mass is 32.2. The minimum absolute atomic E-state index is 0.0729. The van der Waals surface area contributed by atoms with Crippen molar-refractivity contribution in [3.63, 3.8) is 0 Å². The first-order chi connectivity index (χ1) is 13.6. The van der Waals surface area contributed by atoms with E-state index in [0.29, 0.717) is 11.3 Å². The van der Waals surface area contributed by atoms with Gasteiger partial charge in [0.25, 0.3) is 0 Å². The lowest BCUT2D eigenvalue weighted by molar-refractivity contribution is -0.136. The topological polar surface area (TPSA) is 91.6 Å². The molecule has 3 rings (SSSR count). The minimum Gasteiger partial charge on any atom is -0.464 e. The maximum absolute atomic E-state index is 12.1. The van der Waals surface area contributed by atoms with E-state index in [2.05, 4.69) is 10.6 Å². The van der Waals surface area contributed by atoms with Gasteiger partial charge in [-0.3, -0.25) is 9.59 Å². The second-order valence-electron chi connectivity index (χ2n) is 5.98. The zero-order valence-electron chi connectivity index (χ0n) is 15.2.